The van der Waals surface area contributed by atoms with Crippen molar-refractivity contribution >= 4 is 17.1 Å². The highest BCUT2D eigenvalue weighted by molar-refractivity contribution is 5.86. The molecule has 0 radical (unpaired) electrons. The second-order valence-electron chi connectivity index (χ2n) is 22.4. The number of fused-ring (bicyclic) bond motifs is 5. The average molecular weight is 750 g/mol. The van der Waals surface area contributed by atoms with Gasteiger partial charge in [0.25, 0.3) is 0 Å². The molecular weight excluding hydrogens is 687 g/mol. The van der Waals surface area contributed by atoms with Gasteiger partial charge in [0.05, 0.1) is 0 Å². The van der Waals surface area contributed by atoms with Gasteiger partial charge in [-0.25, -0.2) is 0 Å². The molecule has 0 atom stereocenters. The van der Waals surface area contributed by atoms with Gasteiger partial charge in [0.15, 0.2) is 0 Å². The molecule has 1 heteroatoms. The third-order valence-corrected chi connectivity index (χ3v) is 17.2. The minimum Gasteiger partial charge on any atom is -0.310 e. The molecule has 4 bridgehead atoms. The van der Waals surface area contributed by atoms with Gasteiger partial charge < -0.3 is 4.90 Å². The molecule has 7 aliphatic rings. The van der Waals surface area contributed by atoms with Gasteiger partial charge in [-0.2, -0.15) is 0 Å². The standard InChI is InChI=1S/C56H63N/c1-52(2)23-25-54(5,6)50-33-42(18-21-48(50)52)57(43-19-22-49-51(34-43)55(7,8)26-24-53(49,3)4)41-16-13-37(14-17-41)38-15-20-47-45(32-38)44-11-9-10-12-46(44)56(47)39-28-35-27-36(30-39)31-40(56)29-35/h9-22,32-36,39-40H,23-31H2,1-8H3. The van der Waals surface area contributed by atoms with Gasteiger partial charge >= 0.3 is 0 Å². The summed E-state index contributed by atoms with van der Waals surface area (Å²) >= 11 is 0. The lowest BCUT2D eigenvalue weighted by atomic mass is 9.43. The van der Waals surface area contributed by atoms with Gasteiger partial charge in [-0.1, -0.05) is 116 Å². The first-order chi connectivity index (χ1) is 27.2. The molecule has 5 aromatic carbocycles. The van der Waals surface area contributed by atoms with Crippen molar-refractivity contribution in [3.8, 4) is 22.3 Å². The van der Waals surface area contributed by atoms with Gasteiger partial charge in [-0.05, 0) is 201 Å². The summed E-state index contributed by atoms with van der Waals surface area (Å²) in [5.74, 6) is 3.53. The summed E-state index contributed by atoms with van der Waals surface area (Å²) in [6.07, 6.45) is 12.1. The quantitative estimate of drug-likeness (QED) is 0.177. The molecule has 0 aliphatic heterocycles. The topological polar surface area (TPSA) is 3.24 Å². The predicted molar refractivity (Wildman–Crippen MR) is 240 cm³/mol. The number of rotatable bonds is 4. The third kappa shape index (κ3) is 5.18. The van der Waals surface area contributed by atoms with Crippen LogP contribution >= 0.6 is 0 Å². The zero-order chi connectivity index (χ0) is 39.3. The molecule has 1 spiro atoms. The van der Waals surface area contributed by atoms with E-state index < -0.39 is 0 Å². The smallest absolute Gasteiger partial charge is 0.0464 e. The van der Waals surface area contributed by atoms with Crippen LogP contribution in [0.1, 0.15) is 147 Å². The predicted octanol–water partition coefficient (Wildman–Crippen LogP) is 15.2. The maximum atomic E-state index is 2.57. The lowest BCUT2D eigenvalue weighted by Gasteiger charge is -2.61. The SMILES string of the molecule is CC1(C)CCC(C)(C)c2cc(N(c3ccc(-c4ccc5c(c4)-c4ccccc4C54C5CC6CC(C5)CC4C6)cc3)c3ccc4c(c3)C(C)(C)CCC4(C)C)ccc21. The van der Waals surface area contributed by atoms with E-state index in [9.17, 15) is 0 Å². The lowest BCUT2D eigenvalue weighted by molar-refractivity contribution is -0.0399. The maximum absolute atomic E-state index is 2.57. The number of benzene rings is 5. The molecule has 0 aromatic heterocycles. The number of hydrogen-bond acceptors (Lipinski definition) is 1. The normalized spacial score (nSPS) is 28.7. The summed E-state index contributed by atoms with van der Waals surface area (Å²) in [5.41, 5.74) is 19.6. The first-order valence-electron chi connectivity index (χ1n) is 22.6. The molecule has 0 saturated heterocycles. The third-order valence-electron chi connectivity index (χ3n) is 17.2. The van der Waals surface area contributed by atoms with E-state index in [1.807, 2.05) is 0 Å². The van der Waals surface area contributed by atoms with Crippen LogP contribution in [0.2, 0.25) is 0 Å². The van der Waals surface area contributed by atoms with E-state index in [1.54, 1.807) is 11.1 Å². The molecule has 0 unspecified atom stereocenters. The van der Waals surface area contributed by atoms with E-state index in [4.69, 9.17) is 0 Å². The van der Waals surface area contributed by atoms with Crippen LogP contribution in [0.25, 0.3) is 22.3 Å². The Kier molecular flexibility index (Phi) is 7.58. The van der Waals surface area contributed by atoms with Crippen LogP contribution in [0.5, 0.6) is 0 Å². The van der Waals surface area contributed by atoms with Gasteiger partial charge in [-0.3, -0.25) is 0 Å². The summed E-state index contributed by atoms with van der Waals surface area (Å²) in [6.45, 7) is 19.5. The largest absolute Gasteiger partial charge is 0.310 e. The van der Waals surface area contributed by atoms with Gasteiger partial charge in [0, 0.05) is 22.5 Å². The highest BCUT2D eigenvalue weighted by Gasteiger charge is 2.61. The van der Waals surface area contributed by atoms with Crippen molar-refractivity contribution in [3.63, 3.8) is 0 Å². The monoisotopic (exact) mass is 749 g/mol. The summed E-state index contributed by atoms with van der Waals surface area (Å²) < 4.78 is 0. The molecule has 4 fully saturated rings. The first kappa shape index (κ1) is 36.0. The Morgan fingerprint density at radius 3 is 1.37 bits per heavy atom. The van der Waals surface area contributed by atoms with Gasteiger partial charge in [-0.15, -0.1) is 0 Å². The Morgan fingerprint density at radius 2 is 0.825 bits per heavy atom. The molecule has 4 saturated carbocycles. The van der Waals surface area contributed by atoms with Gasteiger partial charge in [0.2, 0.25) is 0 Å². The molecule has 57 heavy (non-hydrogen) atoms. The van der Waals surface area contributed by atoms with Crippen LogP contribution < -0.4 is 4.90 Å². The Labute approximate surface area is 343 Å². The van der Waals surface area contributed by atoms with E-state index in [1.165, 1.54) is 119 Å². The van der Waals surface area contributed by atoms with Crippen molar-refractivity contribution in [1.29, 1.82) is 0 Å². The molecule has 1 nitrogen and oxygen atoms in total. The van der Waals surface area contributed by atoms with Crippen molar-refractivity contribution in [2.75, 3.05) is 4.90 Å². The van der Waals surface area contributed by atoms with E-state index in [0.717, 1.165) is 23.7 Å². The van der Waals surface area contributed by atoms with E-state index in [-0.39, 0.29) is 27.1 Å². The summed E-state index contributed by atoms with van der Waals surface area (Å²) in [7, 11) is 0. The van der Waals surface area contributed by atoms with Crippen LogP contribution in [0.15, 0.2) is 103 Å². The lowest BCUT2D eigenvalue weighted by Crippen LogP contribution is -2.55. The fourth-order valence-corrected chi connectivity index (χ4v) is 14.0. The van der Waals surface area contributed by atoms with Crippen LogP contribution in [-0.4, -0.2) is 0 Å². The van der Waals surface area contributed by atoms with Crippen LogP contribution in [0, 0.1) is 23.7 Å². The zero-order valence-electron chi connectivity index (χ0n) is 35.9. The summed E-state index contributed by atoms with van der Waals surface area (Å²) in [5, 5.41) is 0. The molecule has 12 rings (SSSR count). The summed E-state index contributed by atoms with van der Waals surface area (Å²) in [4.78, 5) is 2.55. The highest BCUT2D eigenvalue weighted by Crippen LogP contribution is 2.69. The average Bonchev–Trinajstić information content (AvgIpc) is 3.48. The fourth-order valence-electron chi connectivity index (χ4n) is 14.0. The Hall–Kier alpha value is -4.10. The highest BCUT2D eigenvalue weighted by atomic mass is 15.1. The Bertz CT molecular complexity index is 2330. The maximum Gasteiger partial charge on any atom is 0.0464 e. The van der Waals surface area contributed by atoms with Crippen molar-refractivity contribution in [2.24, 2.45) is 23.7 Å². The number of anilines is 3. The van der Waals surface area contributed by atoms with Crippen molar-refractivity contribution in [1.82, 2.24) is 0 Å². The van der Waals surface area contributed by atoms with E-state index in [2.05, 4.69) is 163 Å². The fraction of sp³-hybridized carbons (Fsp3) is 0.464. The van der Waals surface area contributed by atoms with Crippen molar-refractivity contribution < 1.29 is 0 Å². The van der Waals surface area contributed by atoms with Crippen LogP contribution in [0.3, 0.4) is 0 Å². The van der Waals surface area contributed by atoms with E-state index in [0.29, 0.717) is 0 Å². The number of nitrogens with zero attached hydrogens (tertiary/aromatic N) is 1. The van der Waals surface area contributed by atoms with Gasteiger partial charge in [0.1, 0.15) is 0 Å². The van der Waals surface area contributed by atoms with E-state index >= 15 is 0 Å². The Morgan fingerprint density at radius 1 is 0.386 bits per heavy atom. The molecule has 0 heterocycles. The van der Waals surface area contributed by atoms with Crippen molar-refractivity contribution in [3.05, 3.63) is 137 Å². The minimum absolute atomic E-state index is 0.139. The van der Waals surface area contributed by atoms with Crippen molar-refractivity contribution in [2.45, 2.75) is 140 Å². The molecule has 0 amide bonds. The first-order valence-corrected chi connectivity index (χ1v) is 22.6. The molecular formula is C56H63N. The molecule has 5 aromatic rings. The second-order valence-corrected chi connectivity index (χ2v) is 22.4. The van der Waals surface area contributed by atoms with Crippen LogP contribution in [-0.2, 0) is 27.1 Å². The molecule has 292 valence electrons. The second kappa shape index (κ2) is 12.0. The summed E-state index contributed by atoms with van der Waals surface area (Å²) in [6, 6.07) is 41.5. The minimum atomic E-state index is 0.139. The molecule has 0 N–H and O–H groups in total. The number of hydrogen-bond donors (Lipinski definition) is 0. The zero-order valence-corrected chi connectivity index (χ0v) is 35.9. The Balaban J connectivity index is 1.02. The van der Waals surface area contributed by atoms with Crippen LogP contribution in [0.4, 0.5) is 17.1 Å². The molecule has 7 aliphatic carbocycles.